The zero-order valence-electron chi connectivity index (χ0n) is 27.3. The van der Waals surface area contributed by atoms with Crippen LogP contribution in [0.15, 0.2) is 182 Å². The van der Waals surface area contributed by atoms with Gasteiger partial charge in [0.25, 0.3) is 0 Å². The van der Waals surface area contributed by atoms with Gasteiger partial charge in [-0.25, -0.2) is 19.2 Å². The third-order valence-corrected chi connectivity index (χ3v) is 9.58. The molecule has 4 heterocycles. The van der Waals surface area contributed by atoms with E-state index in [1.807, 2.05) is 42.5 Å². The molecule has 0 atom stereocenters. The molecular formula is C44H26O8. The first-order valence-electron chi connectivity index (χ1n) is 16.6. The zero-order chi connectivity index (χ0) is 35.3. The summed E-state index contributed by atoms with van der Waals surface area (Å²) in [5, 5.41) is 0. The second-order valence-corrected chi connectivity index (χ2v) is 12.5. The molecule has 1 aromatic carbocycles. The maximum Gasteiger partial charge on any atom is 0.341 e. The predicted octanol–water partition coefficient (Wildman–Crippen LogP) is 8.28. The second-order valence-electron chi connectivity index (χ2n) is 12.5. The van der Waals surface area contributed by atoms with Crippen molar-refractivity contribution in [1.29, 1.82) is 0 Å². The van der Waals surface area contributed by atoms with Crippen LogP contribution < -0.4 is 22.5 Å². The molecule has 0 aromatic heterocycles. The van der Waals surface area contributed by atoms with E-state index in [4.69, 9.17) is 17.7 Å². The molecule has 4 aliphatic carbocycles. The summed E-state index contributed by atoms with van der Waals surface area (Å²) < 4.78 is 23.1. The molecule has 0 fully saturated rings. The zero-order valence-corrected chi connectivity index (χ0v) is 27.3. The number of hydrogen-bond acceptors (Lipinski definition) is 8. The first-order chi connectivity index (χ1) is 25.5. The van der Waals surface area contributed by atoms with Crippen molar-refractivity contribution in [2.75, 3.05) is 0 Å². The van der Waals surface area contributed by atoms with Gasteiger partial charge < -0.3 is 17.7 Å². The van der Waals surface area contributed by atoms with E-state index < -0.39 is 34.3 Å². The Kier molecular flexibility index (Phi) is 7.36. The maximum absolute atomic E-state index is 13.9. The Morgan fingerprint density at radius 3 is 0.865 bits per heavy atom. The smallest absolute Gasteiger partial charge is 0.341 e. The molecule has 0 unspecified atom stereocenters. The van der Waals surface area contributed by atoms with Gasteiger partial charge in [0.1, 0.15) is 23.0 Å². The standard InChI is InChI=1S/C44H26O8/c45-41-37(27-16-5-1-9-20-31(27)49-41)35(38-28-17-6-2-10-21-32(28)50-42(38)46)25-14-13-15-26(24-25)36(39-29-18-7-3-11-22-33(29)51-43(39)47)40-30-19-8-4-12-23-34(30)52-44(40)48/h1-24,35-36H. The normalized spacial score (nSPS) is 11.7. The van der Waals surface area contributed by atoms with Crippen LogP contribution in [-0.2, 0) is 0 Å². The van der Waals surface area contributed by atoms with Gasteiger partial charge in [0, 0.05) is 34.1 Å². The van der Waals surface area contributed by atoms with Crippen LogP contribution in [0.4, 0.5) is 0 Å². The molecule has 250 valence electrons. The second kappa shape index (κ2) is 12.4. The van der Waals surface area contributed by atoms with Crippen LogP contribution >= 0.6 is 0 Å². The fraction of sp³-hybridized carbons (Fsp3) is 0.0455. The van der Waals surface area contributed by atoms with E-state index >= 15 is 0 Å². The van der Waals surface area contributed by atoms with Crippen LogP contribution in [-0.4, -0.2) is 0 Å². The maximum atomic E-state index is 13.9. The molecule has 0 bridgehead atoms. The SMILES string of the molecule is O=c1oc2cccccc-2c1C(c1cccc(C(c2c3cccccc-3oc2=O)c2c3cccccc-3oc2=O)c1)c1c2cccccc-2oc1=O. The van der Waals surface area contributed by atoms with Crippen molar-refractivity contribution in [3.05, 3.63) is 221 Å². The topological polar surface area (TPSA) is 121 Å². The van der Waals surface area contributed by atoms with Gasteiger partial charge in [-0.05, 0) is 35.4 Å². The van der Waals surface area contributed by atoms with E-state index in [1.165, 1.54) is 0 Å². The van der Waals surface area contributed by atoms with Crippen LogP contribution in [0.2, 0.25) is 0 Å². The quantitative estimate of drug-likeness (QED) is 0.172. The summed E-state index contributed by atoms with van der Waals surface area (Å²) in [5.41, 5.74) is 1.78. The molecule has 0 saturated heterocycles. The minimum Gasteiger partial charge on any atom is -0.422 e. The van der Waals surface area contributed by atoms with E-state index in [1.54, 1.807) is 103 Å². The fourth-order valence-electron chi connectivity index (χ4n) is 7.40. The number of fused-ring (bicyclic) bond motifs is 4. The minimum absolute atomic E-state index is 0.252. The van der Waals surface area contributed by atoms with Gasteiger partial charge in [-0.2, -0.15) is 0 Å². The largest absolute Gasteiger partial charge is 0.422 e. The van der Waals surface area contributed by atoms with E-state index in [0.29, 0.717) is 56.4 Å². The predicted molar refractivity (Wildman–Crippen MR) is 195 cm³/mol. The Morgan fingerprint density at radius 1 is 0.308 bits per heavy atom. The molecule has 9 rings (SSSR count). The number of furan rings is 4. The average Bonchev–Trinajstić information content (AvgIpc) is 3.50. The van der Waals surface area contributed by atoms with Gasteiger partial charge >= 0.3 is 22.5 Å². The fourth-order valence-corrected chi connectivity index (χ4v) is 7.40. The molecule has 1 aromatic rings. The van der Waals surface area contributed by atoms with Crippen molar-refractivity contribution in [2.24, 2.45) is 0 Å². The summed E-state index contributed by atoms with van der Waals surface area (Å²) in [6.45, 7) is 0. The summed E-state index contributed by atoms with van der Waals surface area (Å²) >= 11 is 0. The lowest BCUT2D eigenvalue weighted by molar-refractivity contribution is 0.533. The Bertz CT molecular complexity index is 2510. The summed E-state index contributed by atoms with van der Waals surface area (Å²) in [5.74, 6) is -0.502. The summed E-state index contributed by atoms with van der Waals surface area (Å²) in [7, 11) is 0. The van der Waals surface area contributed by atoms with Gasteiger partial charge in [0.05, 0.1) is 22.3 Å². The van der Waals surface area contributed by atoms with Crippen molar-refractivity contribution in [3.63, 3.8) is 0 Å². The van der Waals surface area contributed by atoms with Gasteiger partial charge in [0.2, 0.25) is 0 Å². The van der Waals surface area contributed by atoms with Crippen LogP contribution in [0.5, 0.6) is 0 Å². The number of rotatable bonds is 6. The lowest BCUT2D eigenvalue weighted by Crippen LogP contribution is -2.19. The first kappa shape index (κ1) is 31.0. The lowest BCUT2D eigenvalue weighted by Gasteiger charge is -2.20. The first-order valence-corrected chi connectivity index (χ1v) is 16.6. The third-order valence-electron chi connectivity index (χ3n) is 9.58. The van der Waals surface area contributed by atoms with Crippen molar-refractivity contribution in [2.45, 2.75) is 11.8 Å². The molecule has 4 aliphatic heterocycles. The Morgan fingerprint density at radius 2 is 0.577 bits per heavy atom. The molecule has 8 nitrogen and oxygen atoms in total. The van der Waals surface area contributed by atoms with Crippen LogP contribution in [0, 0.1) is 0 Å². The van der Waals surface area contributed by atoms with Crippen molar-refractivity contribution in [1.82, 2.24) is 0 Å². The highest BCUT2D eigenvalue weighted by atomic mass is 16.4. The summed E-state index contributed by atoms with van der Waals surface area (Å²) in [6, 6.07) is 42.7. The van der Waals surface area contributed by atoms with Gasteiger partial charge in [0.15, 0.2) is 0 Å². The number of benzene rings is 1. The molecule has 0 N–H and O–H groups in total. The average molecular weight is 683 g/mol. The van der Waals surface area contributed by atoms with Crippen molar-refractivity contribution < 1.29 is 17.7 Å². The highest BCUT2D eigenvalue weighted by molar-refractivity contribution is 5.74. The molecule has 0 radical (unpaired) electrons. The molecule has 8 heteroatoms. The van der Waals surface area contributed by atoms with Gasteiger partial charge in [-0.1, -0.05) is 121 Å². The molecular weight excluding hydrogens is 656 g/mol. The van der Waals surface area contributed by atoms with E-state index in [-0.39, 0.29) is 22.3 Å². The Labute approximate surface area is 294 Å². The highest BCUT2D eigenvalue weighted by Crippen LogP contribution is 2.44. The van der Waals surface area contributed by atoms with Crippen LogP contribution in [0.1, 0.15) is 45.2 Å². The molecule has 0 saturated carbocycles. The van der Waals surface area contributed by atoms with E-state index in [2.05, 4.69) is 0 Å². The molecule has 0 spiro atoms. The van der Waals surface area contributed by atoms with Crippen molar-refractivity contribution in [3.8, 4) is 45.3 Å². The lowest BCUT2D eigenvalue weighted by atomic mass is 9.79. The molecule has 8 aliphatic rings. The minimum atomic E-state index is -0.968. The summed E-state index contributed by atoms with van der Waals surface area (Å²) in [4.78, 5) is 55.5. The van der Waals surface area contributed by atoms with E-state index in [0.717, 1.165) is 0 Å². The van der Waals surface area contributed by atoms with Crippen LogP contribution in [0.3, 0.4) is 0 Å². The monoisotopic (exact) mass is 682 g/mol. The molecule has 52 heavy (non-hydrogen) atoms. The highest BCUT2D eigenvalue weighted by Gasteiger charge is 2.37. The summed E-state index contributed by atoms with van der Waals surface area (Å²) in [6.07, 6.45) is 0. The van der Waals surface area contributed by atoms with Crippen molar-refractivity contribution >= 4 is 0 Å². The van der Waals surface area contributed by atoms with Gasteiger partial charge in [-0.3, -0.25) is 0 Å². The Balaban J connectivity index is 1.35. The van der Waals surface area contributed by atoms with E-state index in [9.17, 15) is 19.2 Å². The third kappa shape index (κ3) is 5.00. The van der Waals surface area contributed by atoms with Crippen LogP contribution in [0.25, 0.3) is 45.3 Å². The number of hydrogen-bond donors (Lipinski definition) is 0. The van der Waals surface area contributed by atoms with Gasteiger partial charge in [-0.15, -0.1) is 0 Å². The molecule has 0 amide bonds. The Hall–Kier alpha value is -7.06.